The van der Waals surface area contributed by atoms with Crippen molar-refractivity contribution in [1.82, 2.24) is 19.9 Å². The summed E-state index contributed by atoms with van der Waals surface area (Å²) in [5.74, 6) is -1.99. The Balaban J connectivity index is 0.00000261. The van der Waals surface area contributed by atoms with Crippen LogP contribution in [0.2, 0.25) is 5.02 Å². The number of carboxylic acids is 1. The van der Waals surface area contributed by atoms with E-state index in [1.54, 1.807) is 0 Å². The van der Waals surface area contributed by atoms with E-state index in [9.17, 15) is 27.9 Å². The third-order valence-corrected chi connectivity index (χ3v) is 4.13. The number of nitrogens with zero attached hydrogens (tertiary/aromatic N) is 3. The van der Waals surface area contributed by atoms with Gasteiger partial charge in [0.25, 0.3) is 0 Å². The van der Waals surface area contributed by atoms with Gasteiger partial charge < -0.3 is 20.0 Å². The number of hydrogen-bond acceptors (Lipinski definition) is 6. The van der Waals surface area contributed by atoms with Gasteiger partial charge in [-0.2, -0.15) is 13.2 Å². The molecule has 140 valence electrons. The maximum Gasteiger partial charge on any atom is 1.00 e. The van der Waals surface area contributed by atoms with Crippen LogP contribution in [0.25, 0.3) is 5.65 Å². The summed E-state index contributed by atoms with van der Waals surface area (Å²) < 4.78 is 44.8. The number of aromatic nitrogens is 3. The first kappa shape index (κ1) is 21.9. The van der Waals surface area contributed by atoms with Gasteiger partial charge >= 0.3 is 35.7 Å². The number of pyridine rings is 1. The second kappa shape index (κ2) is 8.31. The number of halogens is 4. The van der Waals surface area contributed by atoms with Gasteiger partial charge in [-0.25, -0.2) is 0 Å². The van der Waals surface area contributed by atoms with E-state index in [1.165, 1.54) is 0 Å². The van der Waals surface area contributed by atoms with Gasteiger partial charge in [0, 0.05) is 6.20 Å². The smallest absolute Gasteiger partial charge is 0.547 e. The van der Waals surface area contributed by atoms with Crippen molar-refractivity contribution in [2.45, 2.75) is 37.8 Å². The number of nitrogens with one attached hydrogen (secondary N) is 1. The van der Waals surface area contributed by atoms with Gasteiger partial charge in [0.15, 0.2) is 11.5 Å². The molecule has 0 aromatic carbocycles. The number of carbonyl (C=O) groups is 2. The van der Waals surface area contributed by atoms with E-state index < -0.39 is 35.8 Å². The summed E-state index contributed by atoms with van der Waals surface area (Å²) in [6.45, 7) is -0.243. The molecule has 1 saturated heterocycles. The van der Waals surface area contributed by atoms with Crippen LogP contribution in [0.15, 0.2) is 12.3 Å². The Kier molecular flexibility index (Phi) is 6.74. The summed E-state index contributed by atoms with van der Waals surface area (Å²) in [4.78, 5) is 22.7. The summed E-state index contributed by atoms with van der Waals surface area (Å²) in [5.41, 5.74) is -0.976. The van der Waals surface area contributed by atoms with Crippen molar-refractivity contribution < 1.29 is 62.2 Å². The number of carboxylic acid groups (broad SMARTS) is 1. The fourth-order valence-electron chi connectivity index (χ4n) is 2.56. The van der Waals surface area contributed by atoms with Crippen molar-refractivity contribution in [1.29, 1.82) is 0 Å². The standard InChI is InChI=1S/C14H12ClF3N4O4.Na/c15-7-3-6(14(16,17)18)5-22-10(20-21-11(7)22)4-19-12(23)8-1-2-9(26-8)13(24)25;/h3,5,8-9H,1-2,4H2,(H,19,23)(H,24,25);/q;+1/p-1. The molecule has 2 aromatic heterocycles. The first-order valence-electron chi connectivity index (χ1n) is 7.41. The second-order valence-corrected chi connectivity index (χ2v) is 6.02. The minimum absolute atomic E-state index is 0. The molecule has 8 nitrogen and oxygen atoms in total. The zero-order chi connectivity index (χ0) is 19.1. The van der Waals surface area contributed by atoms with Gasteiger partial charge in [-0.15, -0.1) is 10.2 Å². The third kappa shape index (κ3) is 4.72. The molecule has 1 fully saturated rings. The maximum absolute atomic E-state index is 12.9. The van der Waals surface area contributed by atoms with E-state index in [2.05, 4.69) is 15.5 Å². The van der Waals surface area contributed by atoms with Crippen molar-refractivity contribution in [3.63, 3.8) is 0 Å². The number of hydrogen-bond donors (Lipinski definition) is 1. The molecule has 1 N–H and O–H groups in total. The maximum atomic E-state index is 12.9. The van der Waals surface area contributed by atoms with Gasteiger partial charge in [-0.1, -0.05) is 11.6 Å². The van der Waals surface area contributed by atoms with E-state index in [0.717, 1.165) is 16.7 Å². The zero-order valence-corrected chi connectivity index (χ0v) is 16.7. The molecular formula is C14H11ClF3N4NaO4. The normalized spacial score (nSPS) is 19.7. The predicted octanol–water partition coefficient (Wildman–Crippen LogP) is -2.68. The number of amides is 1. The minimum Gasteiger partial charge on any atom is -0.547 e. The Morgan fingerprint density at radius 2 is 2.00 bits per heavy atom. The van der Waals surface area contributed by atoms with E-state index in [4.69, 9.17) is 16.3 Å². The Morgan fingerprint density at radius 3 is 2.59 bits per heavy atom. The molecule has 3 heterocycles. The molecule has 0 radical (unpaired) electrons. The number of fused-ring (bicyclic) bond motifs is 1. The fourth-order valence-corrected chi connectivity index (χ4v) is 2.80. The number of rotatable bonds is 4. The van der Waals surface area contributed by atoms with Crippen LogP contribution in [0.1, 0.15) is 24.2 Å². The fraction of sp³-hybridized carbons (Fsp3) is 0.429. The number of ether oxygens (including phenoxy) is 1. The topological polar surface area (TPSA) is 109 Å². The predicted molar refractivity (Wildman–Crippen MR) is 77.7 cm³/mol. The number of alkyl halides is 3. The molecule has 2 unspecified atom stereocenters. The first-order chi connectivity index (χ1) is 12.2. The molecule has 0 aliphatic carbocycles. The first-order valence-corrected chi connectivity index (χ1v) is 7.79. The van der Waals surface area contributed by atoms with E-state index in [-0.39, 0.29) is 65.4 Å². The Labute approximate surface area is 177 Å². The van der Waals surface area contributed by atoms with Crippen molar-refractivity contribution in [2.24, 2.45) is 0 Å². The van der Waals surface area contributed by atoms with Crippen molar-refractivity contribution in [3.8, 4) is 0 Å². The molecule has 1 aliphatic heterocycles. The molecule has 0 saturated carbocycles. The van der Waals surface area contributed by atoms with Gasteiger partial charge in [0.2, 0.25) is 5.91 Å². The van der Waals surface area contributed by atoms with E-state index in [0.29, 0.717) is 0 Å². The van der Waals surface area contributed by atoms with E-state index >= 15 is 0 Å². The molecule has 2 aromatic rings. The Hall–Kier alpha value is -1.40. The summed E-state index contributed by atoms with van der Waals surface area (Å²) in [7, 11) is 0. The molecule has 13 heteroatoms. The molecule has 3 rings (SSSR count). The minimum atomic E-state index is -4.61. The van der Waals surface area contributed by atoms with Crippen molar-refractivity contribution in [2.75, 3.05) is 0 Å². The molecule has 27 heavy (non-hydrogen) atoms. The van der Waals surface area contributed by atoms with Crippen LogP contribution in [0.4, 0.5) is 13.2 Å². The van der Waals surface area contributed by atoms with Crippen LogP contribution in [0, 0.1) is 0 Å². The van der Waals surface area contributed by atoms with Crippen molar-refractivity contribution >= 4 is 29.1 Å². The molecule has 0 spiro atoms. The molecular weight excluding hydrogens is 404 g/mol. The summed E-state index contributed by atoms with van der Waals surface area (Å²) in [6, 6.07) is 0.736. The average molecular weight is 415 g/mol. The summed E-state index contributed by atoms with van der Waals surface area (Å²) >= 11 is 5.80. The van der Waals surface area contributed by atoms with E-state index in [1.807, 2.05) is 0 Å². The van der Waals surface area contributed by atoms with Crippen LogP contribution >= 0.6 is 11.6 Å². The third-order valence-electron chi connectivity index (χ3n) is 3.85. The molecule has 1 aliphatic rings. The van der Waals surface area contributed by atoms with Gasteiger partial charge in [-0.3, -0.25) is 9.20 Å². The van der Waals surface area contributed by atoms with Crippen LogP contribution in [-0.4, -0.2) is 38.7 Å². The Morgan fingerprint density at radius 1 is 1.33 bits per heavy atom. The zero-order valence-electron chi connectivity index (χ0n) is 13.9. The van der Waals surface area contributed by atoms with Crippen LogP contribution in [-0.2, 0) is 27.0 Å². The van der Waals surface area contributed by atoms with Crippen LogP contribution in [0.5, 0.6) is 0 Å². The summed E-state index contributed by atoms with van der Waals surface area (Å²) in [6.07, 6.45) is -5.64. The second-order valence-electron chi connectivity index (χ2n) is 5.61. The Bertz CT molecular complexity index is 876. The van der Waals surface area contributed by atoms with Crippen molar-refractivity contribution in [3.05, 3.63) is 28.7 Å². The SMILES string of the molecule is O=C([O-])C1CCC(C(=O)NCc2nnc3c(Cl)cc(C(F)(F)F)cn23)O1.[Na+]. The van der Waals surface area contributed by atoms with Gasteiger partial charge in [0.1, 0.15) is 6.10 Å². The monoisotopic (exact) mass is 414 g/mol. The summed E-state index contributed by atoms with van der Waals surface area (Å²) in [5, 5.41) is 20.3. The average Bonchev–Trinajstić information content (AvgIpc) is 3.19. The van der Waals surface area contributed by atoms with Crippen LogP contribution < -0.4 is 40.0 Å². The van der Waals surface area contributed by atoms with Crippen LogP contribution in [0.3, 0.4) is 0 Å². The number of aliphatic carboxylic acids is 1. The molecule has 0 bridgehead atoms. The quantitative estimate of drug-likeness (QED) is 0.546. The number of carbonyl (C=O) groups excluding carboxylic acids is 2. The molecule has 2 atom stereocenters. The van der Waals surface area contributed by atoms with Gasteiger partial charge in [-0.05, 0) is 18.9 Å². The largest absolute Gasteiger partial charge is 1.00 e. The van der Waals surface area contributed by atoms with Gasteiger partial charge in [0.05, 0.1) is 29.2 Å². The molecule has 1 amide bonds.